The summed E-state index contributed by atoms with van der Waals surface area (Å²) in [5.74, 6) is -1.06. The average molecular weight is 338 g/mol. The number of nitrogens with zero attached hydrogens (tertiary/aromatic N) is 4. The van der Waals surface area contributed by atoms with E-state index in [1.54, 1.807) is 24.3 Å². The second kappa shape index (κ2) is 7.19. The number of nitriles is 2. The predicted molar refractivity (Wildman–Crippen MR) is 91.3 cm³/mol. The van der Waals surface area contributed by atoms with E-state index in [1.807, 2.05) is 21.9 Å². The van der Waals surface area contributed by atoms with Crippen LogP contribution < -0.4 is 9.80 Å². The highest BCUT2D eigenvalue weighted by Gasteiger charge is 2.21. The lowest BCUT2D eigenvalue weighted by molar-refractivity contribution is 0.622. The molecule has 2 aromatic rings. The molecule has 0 atom stereocenters. The van der Waals surface area contributed by atoms with Gasteiger partial charge in [-0.2, -0.15) is 10.5 Å². The quantitative estimate of drug-likeness (QED) is 0.842. The Morgan fingerprint density at radius 3 is 1.56 bits per heavy atom. The molecule has 0 bridgehead atoms. The molecule has 0 saturated carbocycles. The van der Waals surface area contributed by atoms with Crippen LogP contribution in [-0.4, -0.2) is 26.2 Å². The molecule has 1 aliphatic rings. The summed E-state index contributed by atoms with van der Waals surface area (Å²) in [6.45, 7) is 2.43. The van der Waals surface area contributed by atoms with Crippen molar-refractivity contribution in [2.75, 3.05) is 36.0 Å². The first-order valence-corrected chi connectivity index (χ1v) is 8.03. The fourth-order valence-electron chi connectivity index (χ4n) is 3.17. The highest BCUT2D eigenvalue weighted by atomic mass is 19.1. The van der Waals surface area contributed by atoms with Crippen LogP contribution >= 0.6 is 0 Å². The summed E-state index contributed by atoms with van der Waals surface area (Å²) in [7, 11) is 0. The minimum absolute atomic E-state index is 0.0411. The fraction of sp³-hybridized carbons (Fsp3) is 0.263. The SMILES string of the molecule is N#Cc1c(F)cccc1N1CCCN(c2cccc(F)c2C#N)CC1. The first-order valence-electron chi connectivity index (χ1n) is 8.03. The molecule has 0 aromatic heterocycles. The third-order valence-electron chi connectivity index (χ3n) is 4.38. The molecular weight excluding hydrogens is 322 g/mol. The van der Waals surface area contributed by atoms with E-state index < -0.39 is 11.6 Å². The van der Waals surface area contributed by atoms with Gasteiger partial charge in [-0.25, -0.2) is 8.78 Å². The second-order valence-corrected chi connectivity index (χ2v) is 5.82. The summed E-state index contributed by atoms with van der Waals surface area (Å²) < 4.78 is 27.7. The van der Waals surface area contributed by atoms with Crippen LogP contribution in [0.2, 0.25) is 0 Å². The minimum Gasteiger partial charge on any atom is -0.369 e. The van der Waals surface area contributed by atoms with E-state index in [-0.39, 0.29) is 11.1 Å². The van der Waals surface area contributed by atoms with Crippen molar-refractivity contribution in [3.05, 3.63) is 59.2 Å². The van der Waals surface area contributed by atoms with Crippen molar-refractivity contribution in [3.63, 3.8) is 0 Å². The van der Waals surface area contributed by atoms with Crippen LogP contribution in [0.15, 0.2) is 36.4 Å². The Kier molecular flexibility index (Phi) is 4.81. The van der Waals surface area contributed by atoms with Crippen molar-refractivity contribution in [2.45, 2.75) is 6.42 Å². The van der Waals surface area contributed by atoms with Crippen molar-refractivity contribution in [2.24, 2.45) is 0 Å². The van der Waals surface area contributed by atoms with Crippen LogP contribution in [0.3, 0.4) is 0 Å². The van der Waals surface area contributed by atoms with Crippen molar-refractivity contribution in [3.8, 4) is 12.1 Å². The third-order valence-corrected chi connectivity index (χ3v) is 4.38. The Hall–Kier alpha value is -3.12. The summed E-state index contributed by atoms with van der Waals surface area (Å²) in [6, 6.07) is 13.1. The van der Waals surface area contributed by atoms with E-state index in [1.165, 1.54) is 12.1 Å². The van der Waals surface area contributed by atoms with Gasteiger partial charge in [0.05, 0.1) is 11.4 Å². The molecule has 3 rings (SSSR count). The Balaban J connectivity index is 1.85. The highest BCUT2D eigenvalue weighted by molar-refractivity contribution is 5.62. The van der Waals surface area contributed by atoms with Crippen molar-refractivity contribution in [1.82, 2.24) is 0 Å². The van der Waals surface area contributed by atoms with Gasteiger partial charge in [-0.15, -0.1) is 0 Å². The maximum atomic E-state index is 13.9. The number of hydrogen-bond donors (Lipinski definition) is 0. The number of hydrogen-bond acceptors (Lipinski definition) is 4. The smallest absolute Gasteiger partial charge is 0.143 e. The van der Waals surface area contributed by atoms with Crippen molar-refractivity contribution in [1.29, 1.82) is 10.5 Å². The van der Waals surface area contributed by atoms with Gasteiger partial charge in [-0.1, -0.05) is 12.1 Å². The van der Waals surface area contributed by atoms with E-state index in [9.17, 15) is 19.3 Å². The molecule has 6 heteroatoms. The Morgan fingerprint density at radius 1 is 0.720 bits per heavy atom. The van der Waals surface area contributed by atoms with E-state index in [2.05, 4.69) is 0 Å². The van der Waals surface area contributed by atoms with E-state index >= 15 is 0 Å². The molecule has 25 heavy (non-hydrogen) atoms. The maximum Gasteiger partial charge on any atom is 0.143 e. The molecule has 0 spiro atoms. The second-order valence-electron chi connectivity index (χ2n) is 5.82. The molecule has 4 nitrogen and oxygen atoms in total. The van der Waals surface area contributed by atoms with Gasteiger partial charge in [0.15, 0.2) is 0 Å². The molecule has 2 aromatic carbocycles. The largest absolute Gasteiger partial charge is 0.369 e. The van der Waals surface area contributed by atoms with Crippen LogP contribution in [0.1, 0.15) is 17.5 Å². The van der Waals surface area contributed by atoms with Crippen LogP contribution in [0.25, 0.3) is 0 Å². The number of benzene rings is 2. The van der Waals surface area contributed by atoms with Crippen LogP contribution in [-0.2, 0) is 0 Å². The summed E-state index contributed by atoms with van der Waals surface area (Å²) in [5.41, 5.74) is 1.23. The highest BCUT2D eigenvalue weighted by Crippen LogP contribution is 2.27. The zero-order valence-electron chi connectivity index (χ0n) is 13.5. The number of halogens is 2. The zero-order valence-corrected chi connectivity index (χ0v) is 13.5. The lowest BCUT2D eigenvalue weighted by atomic mass is 10.1. The molecule has 0 amide bonds. The normalized spacial score (nSPS) is 14.6. The number of anilines is 2. The first kappa shape index (κ1) is 16.7. The Labute approximate surface area is 145 Å². The summed E-state index contributed by atoms with van der Waals surface area (Å²) in [6.07, 6.45) is 0.753. The monoisotopic (exact) mass is 338 g/mol. The van der Waals surface area contributed by atoms with Gasteiger partial charge >= 0.3 is 0 Å². The summed E-state index contributed by atoms with van der Waals surface area (Å²) >= 11 is 0. The van der Waals surface area contributed by atoms with Gasteiger partial charge in [0.25, 0.3) is 0 Å². The standard InChI is InChI=1S/C19H16F2N4/c20-16-4-1-6-18(14(16)12-22)24-8-3-9-25(11-10-24)19-7-2-5-17(21)15(19)13-23/h1-2,4-7H,3,8-11H2. The zero-order chi connectivity index (χ0) is 17.8. The molecule has 0 aliphatic carbocycles. The average Bonchev–Trinajstić information content (AvgIpc) is 2.87. The van der Waals surface area contributed by atoms with Gasteiger partial charge in [0.2, 0.25) is 0 Å². The summed E-state index contributed by atoms with van der Waals surface area (Å²) in [4.78, 5) is 3.93. The van der Waals surface area contributed by atoms with Crippen molar-refractivity contribution < 1.29 is 8.78 Å². The van der Waals surface area contributed by atoms with E-state index in [0.29, 0.717) is 37.6 Å². The lowest BCUT2D eigenvalue weighted by Crippen LogP contribution is -2.31. The summed E-state index contributed by atoms with van der Waals surface area (Å²) in [5, 5.41) is 18.4. The molecule has 126 valence electrons. The minimum atomic E-state index is -0.530. The molecule has 1 aliphatic heterocycles. The third kappa shape index (κ3) is 3.25. The number of rotatable bonds is 2. The predicted octanol–water partition coefficient (Wildman–Crippen LogP) is 3.42. The molecule has 0 N–H and O–H groups in total. The van der Waals surface area contributed by atoms with Gasteiger partial charge in [0.1, 0.15) is 34.9 Å². The fourth-order valence-corrected chi connectivity index (χ4v) is 3.17. The Bertz CT molecular complexity index is 795. The van der Waals surface area contributed by atoms with E-state index in [4.69, 9.17) is 0 Å². The van der Waals surface area contributed by atoms with Gasteiger partial charge in [-0.3, -0.25) is 0 Å². The maximum absolute atomic E-state index is 13.9. The topological polar surface area (TPSA) is 54.1 Å². The van der Waals surface area contributed by atoms with Gasteiger partial charge < -0.3 is 9.80 Å². The molecule has 0 radical (unpaired) electrons. The van der Waals surface area contributed by atoms with Crippen molar-refractivity contribution >= 4 is 11.4 Å². The Morgan fingerprint density at radius 2 is 1.16 bits per heavy atom. The lowest BCUT2D eigenvalue weighted by Gasteiger charge is -2.26. The van der Waals surface area contributed by atoms with Gasteiger partial charge in [0, 0.05) is 26.2 Å². The van der Waals surface area contributed by atoms with Crippen LogP contribution in [0, 0.1) is 34.3 Å². The molecule has 1 fully saturated rings. The van der Waals surface area contributed by atoms with Crippen LogP contribution in [0.4, 0.5) is 20.2 Å². The molecule has 1 saturated heterocycles. The molecular formula is C19H16F2N4. The van der Waals surface area contributed by atoms with Crippen LogP contribution in [0.5, 0.6) is 0 Å². The molecule has 0 unspecified atom stereocenters. The first-order chi connectivity index (χ1) is 12.2. The molecule has 1 heterocycles. The van der Waals surface area contributed by atoms with E-state index in [0.717, 1.165) is 6.42 Å². The van der Waals surface area contributed by atoms with Gasteiger partial charge in [-0.05, 0) is 30.7 Å².